The van der Waals surface area contributed by atoms with E-state index in [1.165, 1.54) is 6.07 Å². The number of halogens is 3. The van der Waals surface area contributed by atoms with Crippen LogP contribution in [-0.2, 0) is 6.61 Å². The molecule has 0 saturated carbocycles. The van der Waals surface area contributed by atoms with E-state index in [1.54, 1.807) is 30.3 Å². The minimum atomic E-state index is -0.385. The standard InChI is InChI=1S/C16H12Cl2FNO/c17-13-4-6-16(14(18)9-13)21-10-11-3-5-15(19)12(8-11)2-1-7-20/h3-6,8-9H,7,10,20H2. The van der Waals surface area contributed by atoms with Crippen molar-refractivity contribution in [3.63, 3.8) is 0 Å². The molecule has 0 bridgehead atoms. The fourth-order valence-corrected chi connectivity index (χ4v) is 2.12. The molecule has 108 valence electrons. The molecule has 0 amide bonds. The fraction of sp³-hybridized carbons (Fsp3) is 0.125. The number of rotatable bonds is 3. The molecule has 2 N–H and O–H groups in total. The third-order valence-electron chi connectivity index (χ3n) is 2.64. The van der Waals surface area contributed by atoms with Crippen molar-refractivity contribution < 1.29 is 9.13 Å². The number of benzene rings is 2. The van der Waals surface area contributed by atoms with E-state index in [-0.39, 0.29) is 19.0 Å². The van der Waals surface area contributed by atoms with Gasteiger partial charge in [0, 0.05) is 5.02 Å². The van der Waals surface area contributed by atoms with Crippen LogP contribution in [0.5, 0.6) is 5.75 Å². The number of nitrogens with two attached hydrogens (primary N) is 1. The fourth-order valence-electron chi connectivity index (χ4n) is 1.66. The highest BCUT2D eigenvalue weighted by molar-refractivity contribution is 6.35. The van der Waals surface area contributed by atoms with E-state index in [4.69, 9.17) is 33.7 Å². The number of ether oxygens (including phenoxy) is 1. The monoisotopic (exact) mass is 323 g/mol. The van der Waals surface area contributed by atoms with Crippen molar-refractivity contribution in [2.75, 3.05) is 6.54 Å². The largest absolute Gasteiger partial charge is 0.487 e. The Morgan fingerprint density at radius 2 is 1.95 bits per heavy atom. The molecule has 0 fully saturated rings. The van der Waals surface area contributed by atoms with Gasteiger partial charge in [0.05, 0.1) is 17.1 Å². The normalized spacial score (nSPS) is 9.90. The SMILES string of the molecule is NCC#Cc1cc(COc2ccc(Cl)cc2Cl)ccc1F. The van der Waals surface area contributed by atoms with Gasteiger partial charge in [-0.15, -0.1) is 0 Å². The maximum atomic E-state index is 13.5. The van der Waals surface area contributed by atoms with Crippen LogP contribution in [0, 0.1) is 17.7 Å². The lowest BCUT2D eigenvalue weighted by molar-refractivity contribution is 0.306. The van der Waals surface area contributed by atoms with Crippen molar-refractivity contribution >= 4 is 23.2 Å². The molecule has 2 aromatic carbocycles. The Hall–Kier alpha value is -1.73. The zero-order valence-corrected chi connectivity index (χ0v) is 12.5. The van der Waals surface area contributed by atoms with Gasteiger partial charge < -0.3 is 10.5 Å². The first kappa shape index (κ1) is 15.7. The molecule has 21 heavy (non-hydrogen) atoms. The van der Waals surface area contributed by atoms with E-state index in [0.29, 0.717) is 21.4 Å². The predicted octanol–water partition coefficient (Wildman–Crippen LogP) is 4.02. The minimum Gasteiger partial charge on any atom is -0.487 e. The van der Waals surface area contributed by atoms with Crippen LogP contribution in [0.2, 0.25) is 10.0 Å². The Kier molecular flexibility index (Phi) is 5.46. The Bertz CT molecular complexity index is 707. The van der Waals surface area contributed by atoms with Crippen LogP contribution in [0.3, 0.4) is 0 Å². The molecule has 0 unspecified atom stereocenters. The van der Waals surface area contributed by atoms with Crippen LogP contribution in [-0.4, -0.2) is 6.54 Å². The first-order valence-corrected chi connectivity index (χ1v) is 6.91. The second-order valence-corrected chi connectivity index (χ2v) is 5.03. The van der Waals surface area contributed by atoms with Crippen LogP contribution in [0.25, 0.3) is 0 Å². The Morgan fingerprint density at radius 3 is 2.67 bits per heavy atom. The van der Waals surface area contributed by atoms with Crippen molar-refractivity contribution in [2.24, 2.45) is 5.73 Å². The summed E-state index contributed by atoms with van der Waals surface area (Å²) < 4.78 is 19.1. The molecule has 0 heterocycles. The van der Waals surface area contributed by atoms with E-state index in [1.807, 2.05) is 0 Å². The highest BCUT2D eigenvalue weighted by atomic mass is 35.5. The molecular formula is C16H12Cl2FNO. The van der Waals surface area contributed by atoms with Crippen LogP contribution < -0.4 is 10.5 Å². The van der Waals surface area contributed by atoms with E-state index in [9.17, 15) is 4.39 Å². The second-order valence-electron chi connectivity index (χ2n) is 4.18. The molecule has 2 rings (SSSR count). The van der Waals surface area contributed by atoms with Crippen molar-refractivity contribution in [1.29, 1.82) is 0 Å². The van der Waals surface area contributed by atoms with Gasteiger partial charge in [0.1, 0.15) is 18.2 Å². The maximum absolute atomic E-state index is 13.5. The Morgan fingerprint density at radius 1 is 1.14 bits per heavy atom. The van der Waals surface area contributed by atoms with E-state index in [0.717, 1.165) is 5.56 Å². The van der Waals surface area contributed by atoms with Gasteiger partial charge in [-0.2, -0.15) is 0 Å². The summed E-state index contributed by atoms with van der Waals surface area (Å²) in [6, 6.07) is 9.58. The molecule has 0 aromatic heterocycles. The van der Waals surface area contributed by atoms with Crippen LogP contribution >= 0.6 is 23.2 Å². The highest BCUT2D eigenvalue weighted by Gasteiger charge is 2.05. The average molecular weight is 324 g/mol. The van der Waals surface area contributed by atoms with E-state index in [2.05, 4.69) is 11.8 Å². The molecule has 2 nitrogen and oxygen atoms in total. The molecule has 2 aromatic rings. The Labute approximate surface area is 132 Å². The summed E-state index contributed by atoms with van der Waals surface area (Å²) in [7, 11) is 0. The van der Waals surface area contributed by atoms with Gasteiger partial charge in [0.15, 0.2) is 0 Å². The van der Waals surface area contributed by atoms with Crippen LogP contribution in [0.4, 0.5) is 4.39 Å². The van der Waals surface area contributed by atoms with Gasteiger partial charge >= 0.3 is 0 Å². The van der Waals surface area contributed by atoms with Crippen molar-refractivity contribution in [3.8, 4) is 17.6 Å². The molecule has 0 atom stereocenters. The molecular weight excluding hydrogens is 312 g/mol. The van der Waals surface area contributed by atoms with Gasteiger partial charge in [0.2, 0.25) is 0 Å². The quantitative estimate of drug-likeness (QED) is 0.866. The maximum Gasteiger partial charge on any atom is 0.138 e. The molecule has 0 radical (unpaired) electrons. The Balaban J connectivity index is 2.13. The first-order chi connectivity index (χ1) is 10.1. The summed E-state index contributed by atoms with van der Waals surface area (Å²) in [5.41, 5.74) is 6.36. The summed E-state index contributed by atoms with van der Waals surface area (Å²) in [5, 5.41) is 0.959. The molecule has 0 aliphatic carbocycles. The lowest BCUT2D eigenvalue weighted by atomic mass is 10.1. The third-order valence-corrected chi connectivity index (χ3v) is 3.17. The predicted molar refractivity (Wildman–Crippen MR) is 83.1 cm³/mol. The zero-order chi connectivity index (χ0) is 15.2. The second kappa shape index (κ2) is 7.33. The number of hydrogen-bond acceptors (Lipinski definition) is 2. The topological polar surface area (TPSA) is 35.2 Å². The van der Waals surface area contributed by atoms with Crippen LogP contribution in [0.15, 0.2) is 36.4 Å². The summed E-state index contributed by atoms with van der Waals surface area (Å²) in [6.45, 7) is 0.430. The van der Waals surface area contributed by atoms with Gasteiger partial charge in [-0.25, -0.2) is 4.39 Å². The summed E-state index contributed by atoms with van der Waals surface area (Å²) in [6.07, 6.45) is 0. The molecule has 0 saturated heterocycles. The van der Waals surface area contributed by atoms with E-state index >= 15 is 0 Å². The highest BCUT2D eigenvalue weighted by Crippen LogP contribution is 2.28. The van der Waals surface area contributed by atoms with Gasteiger partial charge in [0.25, 0.3) is 0 Å². The third kappa shape index (κ3) is 4.37. The summed E-state index contributed by atoms with van der Waals surface area (Å²) in [5.74, 6) is 5.43. The van der Waals surface area contributed by atoms with Crippen LogP contribution in [0.1, 0.15) is 11.1 Å². The van der Waals surface area contributed by atoms with Gasteiger partial charge in [-0.05, 0) is 35.9 Å². The van der Waals surface area contributed by atoms with Gasteiger partial charge in [-0.3, -0.25) is 0 Å². The van der Waals surface area contributed by atoms with Crippen molar-refractivity contribution in [1.82, 2.24) is 0 Å². The summed E-state index contributed by atoms with van der Waals surface area (Å²) in [4.78, 5) is 0. The number of hydrogen-bond donors (Lipinski definition) is 1. The average Bonchev–Trinajstić information content (AvgIpc) is 2.46. The lowest BCUT2D eigenvalue weighted by Gasteiger charge is -2.09. The zero-order valence-electron chi connectivity index (χ0n) is 11.0. The molecule has 0 aliphatic heterocycles. The lowest BCUT2D eigenvalue weighted by Crippen LogP contribution is -1.98. The van der Waals surface area contributed by atoms with Crippen molar-refractivity contribution in [3.05, 3.63) is 63.4 Å². The minimum absolute atomic E-state index is 0.181. The van der Waals surface area contributed by atoms with Gasteiger partial charge in [-0.1, -0.05) is 41.1 Å². The smallest absolute Gasteiger partial charge is 0.138 e. The summed E-state index contributed by atoms with van der Waals surface area (Å²) >= 11 is 11.8. The van der Waals surface area contributed by atoms with E-state index < -0.39 is 0 Å². The first-order valence-electron chi connectivity index (χ1n) is 6.15. The van der Waals surface area contributed by atoms with Crippen molar-refractivity contribution in [2.45, 2.75) is 6.61 Å². The molecule has 0 aliphatic rings. The molecule has 0 spiro atoms. The molecule has 5 heteroatoms.